The summed E-state index contributed by atoms with van der Waals surface area (Å²) in [6.07, 6.45) is 1.63. The third kappa shape index (κ3) is 3.11. The molecule has 0 aromatic carbocycles. The smallest absolute Gasteiger partial charge is 0.273 e. The number of nitrogens with one attached hydrogen (secondary N) is 1. The van der Waals surface area contributed by atoms with E-state index in [1.807, 2.05) is 17.5 Å². The van der Waals surface area contributed by atoms with Gasteiger partial charge < -0.3 is 11.1 Å². The molecule has 6 nitrogen and oxygen atoms in total. The first-order valence-corrected chi connectivity index (χ1v) is 6.08. The molecule has 0 radical (unpaired) electrons. The zero-order valence-corrected chi connectivity index (χ0v) is 9.98. The van der Waals surface area contributed by atoms with E-state index in [4.69, 9.17) is 5.73 Å². The van der Waals surface area contributed by atoms with Crippen molar-refractivity contribution < 1.29 is 4.79 Å². The Kier molecular flexibility index (Phi) is 3.84. The van der Waals surface area contributed by atoms with E-state index in [0.717, 1.165) is 0 Å². The summed E-state index contributed by atoms with van der Waals surface area (Å²) in [6.45, 7) is 1.49. The molecule has 2 heterocycles. The van der Waals surface area contributed by atoms with Gasteiger partial charge in [0.05, 0.1) is 12.7 Å². The first-order chi connectivity index (χ1) is 8.29. The van der Waals surface area contributed by atoms with Crippen LogP contribution in [-0.4, -0.2) is 34.0 Å². The molecule has 0 saturated carbocycles. The van der Waals surface area contributed by atoms with Gasteiger partial charge in [-0.2, -0.15) is 0 Å². The molecular weight excluding hydrogens is 238 g/mol. The number of hydrogen-bond acceptors (Lipinski definition) is 5. The molecule has 0 aliphatic rings. The molecule has 0 fully saturated rings. The van der Waals surface area contributed by atoms with Crippen molar-refractivity contribution in [3.63, 3.8) is 0 Å². The summed E-state index contributed by atoms with van der Waals surface area (Å²) in [4.78, 5) is 12.7. The Morgan fingerprint density at radius 3 is 3.18 bits per heavy atom. The zero-order chi connectivity index (χ0) is 12.1. The van der Waals surface area contributed by atoms with Gasteiger partial charge in [-0.25, -0.2) is 4.68 Å². The summed E-state index contributed by atoms with van der Waals surface area (Å²) >= 11 is 1.64. The minimum Gasteiger partial charge on any atom is -0.349 e. The van der Waals surface area contributed by atoms with Crippen LogP contribution in [-0.2, 0) is 6.54 Å². The average molecular weight is 251 g/mol. The Morgan fingerprint density at radius 2 is 2.47 bits per heavy atom. The molecule has 2 aromatic rings. The van der Waals surface area contributed by atoms with Crippen LogP contribution in [0.25, 0.3) is 0 Å². The highest BCUT2D eigenvalue weighted by molar-refractivity contribution is 7.09. The Bertz CT molecular complexity index is 479. The molecule has 17 heavy (non-hydrogen) atoms. The topological polar surface area (TPSA) is 85.8 Å². The number of nitrogens with zero attached hydrogens (tertiary/aromatic N) is 3. The van der Waals surface area contributed by atoms with Gasteiger partial charge >= 0.3 is 0 Å². The molecule has 3 N–H and O–H groups in total. The molecule has 0 aliphatic carbocycles. The van der Waals surface area contributed by atoms with Crippen molar-refractivity contribution in [2.24, 2.45) is 5.73 Å². The van der Waals surface area contributed by atoms with E-state index < -0.39 is 0 Å². The number of amides is 1. The minimum atomic E-state index is -0.243. The summed E-state index contributed by atoms with van der Waals surface area (Å²) in [5.74, 6) is -0.243. The predicted molar refractivity (Wildman–Crippen MR) is 64.8 cm³/mol. The van der Waals surface area contributed by atoms with Crippen molar-refractivity contribution in [1.82, 2.24) is 20.3 Å². The normalized spacial score (nSPS) is 10.4. The van der Waals surface area contributed by atoms with E-state index in [1.165, 1.54) is 4.88 Å². The highest BCUT2D eigenvalue weighted by atomic mass is 32.1. The molecule has 0 spiro atoms. The molecule has 90 valence electrons. The van der Waals surface area contributed by atoms with Crippen LogP contribution in [0.5, 0.6) is 0 Å². The molecule has 0 saturated heterocycles. The second kappa shape index (κ2) is 5.55. The second-order valence-electron chi connectivity index (χ2n) is 3.43. The number of rotatable bonds is 5. The summed E-state index contributed by atoms with van der Waals surface area (Å²) in [7, 11) is 0. The maximum absolute atomic E-state index is 11.5. The first kappa shape index (κ1) is 11.7. The van der Waals surface area contributed by atoms with Crippen molar-refractivity contribution in [3.05, 3.63) is 34.3 Å². The van der Waals surface area contributed by atoms with Crippen LogP contribution < -0.4 is 11.1 Å². The van der Waals surface area contributed by atoms with E-state index in [-0.39, 0.29) is 5.91 Å². The Hall–Kier alpha value is -1.73. The van der Waals surface area contributed by atoms with Gasteiger partial charge in [0.25, 0.3) is 5.91 Å². The molecule has 7 heteroatoms. The number of carbonyl (C=O) groups is 1. The van der Waals surface area contributed by atoms with Crippen LogP contribution >= 0.6 is 11.3 Å². The number of thiophene rings is 1. The fourth-order valence-corrected chi connectivity index (χ4v) is 2.01. The van der Waals surface area contributed by atoms with Gasteiger partial charge in [0.2, 0.25) is 0 Å². The third-order valence-electron chi connectivity index (χ3n) is 2.10. The highest BCUT2D eigenvalue weighted by Gasteiger charge is 2.09. The molecule has 0 aliphatic heterocycles. The van der Waals surface area contributed by atoms with E-state index in [2.05, 4.69) is 15.6 Å². The maximum atomic E-state index is 11.5. The van der Waals surface area contributed by atoms with Gasteiger partial charge in [0, 0.05) is 18.0 Å². The lowest BCUT2D eigenvalue weighted by molar-refractivity contribution is 0.0949. The van der Waals surface area contributed by atoms with E-state index in [9.17, 15) is 4.79 Å². The van der Waals surface area contributed by atoms with Crippen LogP contribution in [0, 0.1) is 0 Å². The van der Waals surface area contributed by atoms with Crippen molar-refractivity contribution in [2.45, 2.75) is 6.54 Å². The minimum absolute atomic E-state index is 0.243. The Balaban J connectivity index is 1.98. The standard InChI is InChI=1S/C10H13N5OS/c11-3-4-12-10(16)9-7-15(14-13-9)6-8-2-1-5-17-8/h1-2,5,7H,3-4,6,11H2,(H,12,16). The van der Waals surface area contributed by atoms with Gasteiger partial charge in [-0.15, -0.1) is 16.4 Å². The zero-order valence-electron chi connectivity index (χ0n) is 9.17. The highest BCUT2D eigenvalue weighted by Crippen LogP contribution is 2.09. The van der Waals surface area contributed by atoms with Gasteiger partial charge in [0.15, 0.2) is 5.69 Å². The average Bonchev–Trinajstić information content (AvgIpc) is 2.98. The van der Waals surface area contributed by atoms with Crippen molar-refractivity contribution >= 4 is 17.2 Å². The molecule has 0 unspecified atom stereocenters. The summed E-state index contributed by atoms with van der Waals surface area (Å²) < 4.78 is 1.64. The molecular formula is C10H13N5OS. The van der Waals surface area contributed by atoms with Gasteiger partial charge in [-0.1, -0.05) is 11.3 Å². The van der Waals surface area contributed by atoms with Crippen molar-refractivity contribution in [1.29, 1.82) is 0 Å². The van der Waals surface area contributed by atoms with Crippen molar-refractivity contribution in [3.8, 4) is 0 Å². The summed E-state index contributed by atoms with van der Waals surface area (Å²) in [5.41, 5.74) is 5.61. The van der Waals surface area contributed by atoms with Gasteiger partial charge in [-0.3, -0.25) is 4.79 Å². The van der Waals surface area contributed by atoms with Crippen LogP contribution in [0.15, 0.2) is 23.7 Å². The van der Waals surface area contributed by atoms with E-state index >= 15 is 0 Å². The van der Waals surface area contributed by atoms with Crippen LogP contribution in [0.4, 0.5) is 0 Å². The first-order valence-electron chi connectivity index (χ1n) is 5.20. The molecule has 2 aromatic heterocycles. The molecule has 0 atom stereocenters. The fourth-order valence-electron chi connectivity index (χ4n) is 1.32. The van der Waals surface area contributed by atoms with E-state index in [1.54, 1.807) is 22.2 Å². The van der Waals surface area contributed by atoms with Gasteiger partial charge in [-0.05, 0) is 11.4 Å². The van der Waals surface area contributed by atoms with Crippen LogP contribution in [0.3, 0.4) is 0 Å². The Morgan fingerprint density at radius 1 is 1.59 bits per heavy atom. The monoisotopic (exact) mass is 251 g/mol. The summed E-state index contributed by atoms with van der Waals surface area (Å²) in [5, 5.41) is 12.4. The molecule has 0 bridgehead atoms. The lowest BCUT2D eigenvalue weighted by Gasteiger charge is -1.98. The molecule has 2 rings (SSSR count). The quantitative estimate of drug-likeness (QED) is 0.787. The van der Waals surface area contributed by atoms with Crippen LogP contribution in [0.1, 0.15) is 15.4 Å². The number of nitrogens with two attached hydrogens (primary N) is 1. The summed E-state index contributed by atoms with van der Waals surface area (Å²) in [6, 6.07) is 3.99. The van der Waals surface area contributed by atoms with Crippen LogP contribution in [0.2, 0.25) is 0 Å². The lowest BCUT2D eigenvalue weighted by Crippen LogP contribution is -2.29. The predicted octanol–water partition coefficient (Wildman–Crippen LogP) is 0.0764. The lowest BCUT2D eigenvalue weighted by atomic mass is 10.4. The number of carbonyl (C=O) groups excluding carboxylic acids is 1. The maximum Gasteiger partial charge on any atom is 0.273 e. The largest absolute Gasteiger partial charge is 0.349 e. The SMILES string of the molecule is NCCNC(=O)c1cn(Cc2cccs2)nn1. The second-order valence-corrected chi connectivity index (χ2v) is 4.46. The number of aromatic nitrogens is 3. The number of hydrogen-bond donors (Lipinski definition) is 2. The molecule has 1 amide bonds. The van der Waals surface area contributed by atoms with E-state index in [0.29, 0.717) is 25.3 Å². The van der Waals surface area contributed by atoms with Crippen molar-refractivity contribution in [2.75, 3.05) is 13.1 Å². The van der Waals surface area contributed by atoms with Gasteiger partial charge in [0.1, 0.15) is 0 Å². The Labute approximate surface area is 102 Å². The third-order valence-corrected chi connectivity index (χ3v) is 2.96. The fraction of sp³-hybridized carbons (Fsp3) is 0.300.